The summed E-state index contributed by atoms with van der Waals surface area (Å²) in [5, 5.41) is 2.25. The highest BCUT2D eigenvalue weighted by molar-refractivity contribution is 7.89. The third-order valence-electron chi connectivity index (χ3n) is 3.34. The van der Waals surface area contributed by atoms with E-state index in [1.165, 1.54) is 19.9 Å². The molecular formula is C12H15F3N2O4S. The molecule has 1 aliphatic rings. The smallest absolute Gasteiger partial charge is 0.405 e. The maximum Gasteiger partial charge on any atom is 0.405 e. The standard InChI is InChI=1S/C12H15F3N2O4S/c1-7-5-9(8(2)21-7)22(19,20)17-4-3-16-11(18)6-10(17)12(13,14)15/h5,10H,3-4,6H2,1-2H3,(H,16,18). The number of hydrogen-bond acceptors (Lipinski definition) is 4. The second-order valence-electron chi connectivity index (χ2n) is 5.00. The molecule has 1 saturated heterocycles. The minimum absolute atomic E-state index is 0.0157. The molecule has 22 heavy (non-hydrogen) atoms. The molecule has 10 heteroatoms. The third-order valence-corrected chi connectivity index (χ3v) is 5.36. The predicted molar refractivity (Wildman–Crippen MR) is 69.5 cm³/mol. The highest BCUT2D eigenvalue weighted by Crippen LogP contribution is 2.33. The molecule has 0 radical (unpaired) electrons. The lowest BCUT2D eigenvalue weighted by Gasteiger charge is -2.29. The van der Waals surface area contributed by atoms with E-state index in [0.29, 0.717) is 4.31 Å². The van der Waals surface area contributed by atoms with Crippen LogP contribution in [0.2, 0.25) is 0 Å². The van der Waals surface area contributed by atoms with Crippen molar-refractivity contribution >= 4 is 15.9 Å². The van der Waals surface area contributed by atoms with Crippen molar-refractivity contribution in [2.75, 3.05) is 13.1 Å². The highest BCUT2D eigenvalue weighted by atomic mass is 32.2. The van der Waals surface area contributed by atoms with Gasteiger partial charge in [0.25, 0.3) is 0 Å². The molecule has 1 fully saturated rings. The number of nitrogens with one attached hydrogen (secondary N) is 1. The van der Waals surface area contributed by atoms with Crippen LogP contribution in [0.15, 0.2) is 15.4 Å². The molecule has 0 aliphatic carbocycles. The Morgan fingerprint density at radius 3 is 2.50 bits per heavy atom. The van der Waals surface area contributed by atoms with Gasteiger partial charge in [0, 0.05) is 13.1 Å². The molecule has 1 N–H and O–H groups in total. The van der Waals surface area contributed by atoms with E-state index >= 15 is 0 Å². The quantitative estimate of drug-likeness (QED) is 0.881. The Morgan fingerprint density at radius 1 is 1.36 bits per heavy atom. The maximum absolute atomic E-state index is 13.2. The zero-order valence-corrected chi connectivity index (χ0v) is 12.7. The normalized spacial score (nSPS) is 21.5. The highest BCUT2D eigenvalue weighted by Gasteiger charge is 2.50. The number of hydrogen-bond donors (Lipinski definition) is 1. The van der Waals surface area contributed by atoms with Crippen LogP contribution < -0.4 is 5.32 Å². The maximum atomic E-state index is 13.2. The first kappa shape index (κ1) is 16.8. The van der Waals surface area contributed by atoms with Crippen LogP contribution in [0.4, 0.5) is 13.2 Å². The summed E-state index contributed by atoms with van der Waals surface area (Å²) in [6.45, 7) is 2.23. The molecule has 6 nitrogen and oxygen atoms in total. The second-order valence-corrected chi connectivity index (χ2v) is 6.86. The summed E-state index contributed by atoms with van der Waals surface area (Å²) < 4.78 is 70.1. The number of amides is 1. The summed E-state index contributed by atoms with van der Waals surface area (Å²) >= 11 is 0. The molecule has 2 rings (SSSR count). The average molecular weight is 340 g/mol. The van der Waals surface area contributed by atoms with Gasteiger partial charge in [-0.15, -0.1) is 0 Å². The summed E-state index contributed by atoms with van der Waals surface area (Å²) in [4.78, 5) is 11.1. The minimum Gasteiger partial charge on any atom is -0.465 e. The Kier molecular flexibility index (Phi) is 4.26. The van der Waals surface area contributed by atoms with Gasteiger partial charge < -0.3 is 9.73 Å². The Labute approximate surface area is 125 Å². The Hall–Kier alpha value is -1.55. The lowest BCUT2D eigenvalue weighted by molar-refractivity contribution is -0.173. The van der Waals surface area contributed by atoms with Gasteiger partial charge in [0.2, 0.25) is 15.9 Å². The zero-order valence-electron chi connectivity index (χ0n) is 11.9. The van der Waals surface area contributed by atoms with E-state index in [2.05, 4.69) is 5.32 Å². The van der Waals surface area contributed by atoms with Gasteiger partial charge in [0.15, 0.2) is 0 Å². The molecule has 1 aliphatic heterocycles. The van der Waals surface area contributed by atoms with Gasteiger partial charge in [-0.2, -0.15) is 17.5 Å². The number of sulfonamides is 1. The molecule has 0 bridgehead atoms. The van der Waals surface area contributed by atoms with Crippen LogP contribution in [0, 0.1) is 13.8 Å². The van der Waals surface area contributed by atoms with Crippen molar-refractivity contribution in [3.05, 3.63) is 17.6 Å². The number of carbonyl (C=O) groups excluding carboxylic acids is 1. The third kappa shape index (κ3) is 3.12. The first-order valence-electron chi connectivity index (χ1n) is 6.46. The number of halogens is 3. The van der Waals surface area contributed by atoms with E-state index in [4.69, 9.17) is 4.42 Å². The molecular weight excluding hydrogens is 325 g/mol. The number of furan rings is 1. The van der Waals surface area contributed by atoms with Crippen molar-refractivity contribution in [1.82, 2.24) is 9.62 Å². The van der Waals surface area contributed by atoms with E-state index in [0.717, 1.165) is 0 Å². The van der Waals surface area contributed by atoms with Crippen LogP contribution in [-0.2, 0) is 14.8 Å². The Morgan fingerprint density at radius 2 is 2.00 bits per heavy atom. The molecule has 1 aromatic rings. The fraction of sp³-hybridized carbons (Fsp3) is 0.583. The number of carbonyl (C=O) groups is 1. The van der Waals surface area contributed by atoms with Crippen molar-refractivity contribution in [1.29, 1.82) is 0 Å². The minimum atomic E-state index is -4.85. The Balaban J connectivity index is 2.50. The fourth-order valence-electron chi connectivity index (χ4n) is 2.37. The number of alkyl halides is 3. The van der Waals surface area contributed by atoms with E-state index in [9.17, 15) is 26.4 Å². The van der Waals surface area contributed by atoms with Crippen LogP contribution in [-0.4, -0.2) is 43.9 Å². The van der Waals surface area contributed by atoms with Crippen molar-refractivity contribution in [3.63, 3.8) is 0 Å². The number of nitrogens with zero attached hydrogens (tertiary/aromatic N) is 1. The van der Waals surface area contributed by atoms with E-state index in [1.54, 1.807) is 0 Å². The summed E-state index contributed by atoms with van der Waals surface area (Å²) in [7, 11) is -4.42. The lowest BCUT2D eigenvalue weighted by atomic mass is 10.2. The molecule has 0 spiro atoms. The predicted octanol–water partition coefficient (Wildman–Crippen LogP) is 1.34. The first-order valence-corrected chi connectivity index (χ1v) is 7.90. The number of rotatable bonds is 2. The molecule has 124 valence electrons. The summed E-state index contributed by atoms with van der Waals surface area (Å²) in [6, 6.07) is -1.22. The fourth-order valence-corrected chi connectivity index (χ4v) is 4.20. The summed E-state index contributed by atoms with van der Waals surface area (Å²) in [6.07, 6.45) is -5.81. The second kappa shape index (κ2) is 5.58. The van der Waals surface area contributed by atoms with E-state index < -0.39 is 41.1 Å². The van der Waals surface area contributed by atoms with E-state index in [1.807, 2.05) is 0 Å². The molecule has 1 aromatic heterocycles. The van der Waals surface area contributed by atoms with Gasteiger partial charge in [-0.05, 0) is 19.9 Å². The molecule has 0 aromatic carbocycles. The molecule has 1 atom stereocenters. The van der Waals surface area contributed by atoms with Crippen LogP contribution >= 0.6 is 0 Å². The molecule has 2 heterocycles. The van der Waals surface area contributed by atoms with Crippen molar-refractivity contribution in [2.45, 2.75) is 37.4 Å². The zero-order chi connectivity index (χ0) is 16.7. The van der Waals surface area contributed by atoms with Gasteiger partial charge in [0.1, 0.15) is 22.5 Å². The first-order chi connectivity index (χ1) is 10.0. The van der Waals surface area contributed by atoms with Crippen LogP contribution in [0.3, 0.4) is 0 Å². The van der Waals surface area contributed by atoms with Gasteiger partial charge in [0.05, 0.1) is 6.42 Å². The van der Waals surface area contributed by atoms with Crippen molar-refractivity contribution in [3.8, 4) is 0 Å². The topological polar surface area (TPSA) is 79.6 Å². The lowest BCUT2D eigenvalue weighted by Crippen LogP contribution is -2.49. The molecule has 0 saturated carbocycles. The van der Waals surface area contributed by atoms with Crippen LogP contribution in [0.1, 0.15) is 17.9 Å². The number of aryl methyl sites for hydroxylation is 2. The van der Waals surface area contributed by atoms with Gasteiger partial charge in [-0.25, -0.2) is 8.42 Å². The molecule has 1 unspecified atom stereocenters. The monoisotopic (exact) mass is 340 g/mol. The van der Waals surface area contributed by atoms with Crippen molar-refractivity contribution in [2.24, 2.45) is 0 Å². The van der Waals surface area contributed by atoms with Crippen LogP contribution in [0.25, 0.3) is 0 Å². The average Bonchev–Trinajstić information content (AvgIpc) is 2.58. The SMILES string of the molecule is Cc1cc(S(=O)(=O)N2CCNC(=O)CC2C(F)(F)F)c(C)o1. The van der Waals surface area contributed by atoms with Crippen LogP contribution in [0.5, 0.6) is 0 Å². The van der Waals surface area contributed by atoms with Gasteiger partial charge in [-0.1, -0.05) is 0 Å². The largest absolute Gasteiger partial charge is 0.465 e. The summed E-state index contributed by atoms with van der Waals surface area (Å²) in [5.41, 5.74) is 0. The van der Waals surface area contributed by atoms with Gasteiger partial charge >= 0.3 is 6.18 Å². The van der Waals surface area contributed by atoms with E-state index in [-0.39, 0.29) is 23.0 Å². The Bertz CT molecular complexity index is 681. The summed E-state index contributed by atoms with van der Waals surface area (Å²) in [5.74, 6) is -0.536. The van der Waals surface area contributed by atoms with Gasteiger partial charge in [-0.3, -0.25) is 4.79 Å². The van der Waals surface area contributed by atoms with Crippen molar-refractivity contribution < 1.29 is 30.8 Å². The molecule has 1 amide bonds.